The highest BCUT2D eigenvalue weighted by Crippen LogP contribution is 2.16. The maximum atomic E-state index is 13.3. The van der Waals surface area contributed by atoms with E-state index in [0.717, 1.165) is 17.7 Å². The van der Waals surface area contributed by atoms with Crippen molar-refractivity contribution >= 4 is 0 Å². The Bertz CT molecular complexity index is 587. The van der Waals surface area contributed by atoms with Gasteiger partial charge in [-0.3, -0.25) is 4.98 Å². The smallest absolute Gasteiger partial charge is 0.141 e. The van der Waals surface area contributed by atoms with Gasteiger partial charge in [0.15, 0.2) is 0 Å². The Kier molecular flexibility index (Phi) is 5.36. The fourth-order valence-electron chi connectivity index (χ4n) is 2.15. The first-order valence-corrected chi connectivity index (χ1v) is 6.87. The van der Waals surface area contributed by atoms with E-state index in [4.69, 9.17) is 5.11 Å². The van der Waals surface area contributed by atoms with E-state index in [1.165, 1.54) is 18.3 Å². The Labute approximate surface area is 122 Å². The lowest BCUT2D eigenvalue weighted by Gasteiger charge is -2.17. The predicted molar refractivity (Wildman–Crippen MR) is 76.4 cm³/mol. The molecular formula is C16H18F2N2O. The maximum Gasteiger partial charge on any atom is 0.141 e. The Morgan fingerprint density at radius 2 is 2.05 bits per heavy atom. The second-order valence-electron chi connectivity index (χ2n) is 4.83. The number of hydrogen-bond donors (Lipinski definition) is 2. The molecule has 2 N–H and O–H groups in total. The minimum Gasteiger partial charge on any atom is -0.392 e. The molecule has 1 atom stereocenters. The van der Waals surface area contributed by atoms with Crippen LogP contribution < -0.4 is 5.32 Å². The number of nitrogens with one attached hydrogen (secondary N) is 1. The summed E-state index contributed by atoms with van der Waals surface area (Å²) in [7, 11) is 0. The Balaban J connectivity index is 2.04. The normalized spacial score (nSPS) is 12.4. The quantitative estimate of drug-likeness (QED) is 0.860. The number of nitrogens with zero attached hydrogens (tertiary/aromatic N) is 1. The van der Waals surface area contributed by atoms with Crippen molar-refractivity contribution in [1.29, 1.82) is 0 Å². The molecule has 0 saturated heterocycles. The number of aliphatic hydroxyl groups is 1. The summed E-state index contributed by atoms with van der Waals surface area (Å²) in [4.78, 5) is 4.07. The lowest BCUT2D eigenvalue weighted by Crippen LogP contribution is -2.21. The van der Waals surface area contributed by atoms with Gasteiger partial charge in [0.1, 0.15) is 11.6 Å². The molecule has 0 radical (unpaired) electrons. The SMILES string of the molecule is CCC(NCc1ccc(F)c(CO)c1)c1ccc(F)cn1. The lowest BCUT2D eigenvalue weighted by atomic mass is 10.1. The molecule has 0 spiro atoms. The largest absolute Gasteiger partial charge is 0.392 e. The van der Waals surface area contributed by atoms with Gasteiger partial charge >= 0.3 is 0 Å². The van der Waals surface area contributed by atoms with Crippen molar-refractivity contribution in [3.63, 3.8) is 0 Å². The molecule has 1 heterocycles. The van der Waals surface area contributed by atoms with Crippen molar-refractivity contribution in [2.24, 2.45) is 0 Å². The highest BCUT2D eigenvalue weighted by Gasteiger charge is 2.11. The molecule has 2 rings (SSSR count). The first kappa shape index (κ1) is 15.5. The average Bonchev–Trinajstić information content (AvgIpc) is 2.51. The van der Waals surface area contributed by atoms with Crippen molar-refractivity contribution < 1.29 is 13.9 Å². The Morgan fingerprint density at radius 3 is 2.67 bits per heavy atom. The molecule has 3 nitrogen and oxygen atoms in total. The highest BCUT2D eigenvalue weighted by molar-refractivity contribution is 5.24. The lowest BCUT2D eigenvalue weighted by molar-refractivity contribution is 0.275. The molecule has 5 heteroatoms. The van der Waals surface area contributed by atoms with E-state index in [2.05, 4.69) is 10.3 Å². The van der Waals surface area contributed by atoms with E-state index in [9.17, 15) is 8.78 Å². The summed E-state index contributed by atoms with van der Waals surface area (Å²) in [5.41, 5.74) is 1.92. The number of halogens is 2. The summed E-state index contributed by atoms with van der Waals surface area (Å²) in [5, 5.41) is 12.4. The maximum absolute atomic E-state index is 13.3. The molecule has 0 bridgehead atoms. The summed E-state index contributed by atoms with van der Waals surface area (Å²) in [6, 6.07) is 7.68. The number of hydrogen-bond acceptors (Lipinski definition) is 3. The van der Waals surface area contributed by atoms with Crippen molar-refractivity contribution in [3.8, 4) is 0 Å². The molecular weight excluding hydrogens is 274 g/mol. The second-order valence-corrected chi connectivity index (χ2v) is 4.83. The van der Waals surface area contributed by atoms with Gasteiger partial charge < -0.3 is 10.4 Å². The number of rotatable bonds is 6. The van der Waals surface area contributed by atoms with Gasteiger partial charge in [0.2, 0.25) is 0 Å². The van der Waals surface area contributed by atoms with Gasteiger partial charge in [0.25, 0.3) is 0 Å². The first-order chi connectivity index (χ1) is 10.1. The molecule has 0 fully saturated rings. The molecule has 0 aliphatic heterocycles. The zero-order valence-electron chi connectivity index (χ0n) is 11.8. The minimum absolute atomic E-state index is 0.00627. The van der Waals surface area contributed by atoms with Crippen LogP contribution in [0.1, 0.15) is 36.2 Å². The second kappa shape index (κ2) is 7.24. The van der Waals surface area contributed by atoms with E-state index < -0.39 is 5.82 Å². The highest BCUT2D eigenvalue weighted by atomic mass is 19.1. The van der Waals surface area contributed by atoms with Gasteiger partial charge in [-0.05, 0) is 36.2 Å². The van der Waals surface area contributed by atoms with Gasteiger partial charge in [-0.15, -0.1) is 0 Å². The Morgan fingerprint density at radius 1 is 1.24 bits per heavy atom. The average molecular weight is 292 g/mol. The fourth-order valence-corrected chi connectivity index (χ4v) is 2.15. The summed E-state index contributed by atoms with van der Waals surface area (Å²) < 4.78 is 26.2. The zero-order chi connectivity index (χ0) is 15.2. The van der Waals surface area contributed by atoms with Crippen LogP contribution in [0.4, 0.5) is 8.78 Å². The minimum atomic E-state index is -0.409. The first-order valence-electron chi connectivity index (χ1n) is 6.87. The van der Waals surface area contributed by atoms with Crippen LogP contribution in [0, 0.1) is 11.6 Å². The molecule has 0 aliphatic carbocycles. The van der Waals surface area contributed by atoms with Crippen molar-refractivity contribution in [3.05, 3.63) is 65.0 Å². The molecule has 1 unspecified atom stereocenters. The topological polar surface area (TPSA) is 45.1 Å². The zero-order valence-corrected chi connectivity index (χ0v) is 11.8. The molecule has 0 saturated carbocycles. The van der Waals surface area contributed by atoms with E-state index in [1.807, 2.05) is 6.92 Å². The summed E-state index contributed by atoms with van der Waals surface area (Å²) >= 11 is 0. The monoisotopic (exact) mass is 292 g/mol. The van der Waals surface area contributed by atoms with Crippen LogP contribution in [0.25, 0.3) is 0 Å². The third kappa shape index (κ3) is 4.06. The molecule has 21 heavy (non-hydrogen) atoms. The molecule has 1 aromatic heterocycles. The summed E-state index contributed by atoms with van der Waals surface area (Å²) in [6.45, 7) is 2.20. The van der Waals surface area contributed by atoms with Crippen LogP contribution >= 0.6 is 0 Å². The van der Waals surface area contributed by atoms with Gasteiger partial charge in [0, 0.05) is 18.2 Å². The van der Waals surface area contributed by atoms with Gasteiger partial charge in [0.05, 0.1) is 18.5 Å². The van der Waals surface area contributed by atoms with Crippen LogP contribution in [0.2, 0.25) is 0 Å². The Hall–Kier alpha value is -1.85. The van der Waals surface area contributed by atoms with Crippen LogP contribution in [0.5, 0.6) is 0 Å². The molecule has 112 valence electrons. The fraction of sp³-hybridized carbons (Fsp3) is 0.312. The molecule has 0 aliphatic rings. The number of aromatic nitrogens is 1. The predicted octanol–water partition coefficient (Wildman–Crippen LogP) is 3.09. The molecule has 2 aromatic rings. The molecule has 1 aromatic carbocycles. The van der Waals surface area contributed by atoms with Crippen molar-refractivity contribution in [2.75, 3.05) is 0 Å². The van der Waals surface area contributed by atoms with E-state index in [1.54, 1.807) is 18.2 Å². The van der Waals surface area contributed by atoms with Gasteiger partial charge in [-0.2, -0.15) is 0 Å². The van der Waals surface area contributed by atoms with Crippen LogP contribution in [0.15, 0.2) is 36.5 Å². The number of pyridine rings is 1. The van der Waals surface area contributed by atoms with Crippen LogP contribution in [-0.4, -0.2) is 10.1 Å². The van der Waals surface area contributed by atoms with E-state index in [-0.39, 0.29) is 24.0 Å². The van der Waals surface area contributed by atoms with E-state index >= 15 is 0 Å². The number of aliphatic hydroxyl groups excluding tert-OH is 1. The van der Waals surface area contributed by atoms with Gasteiger partial charge in [-0.1, -0.05) is 13.0 Å². The van der Waals surface area contributed by atoms with Crippen molar-refractivity contribution in [1.82, 2.24) is 10.3 Å². The van der Waals surface area contributed by atoms with Crippen LogP contribution in [-0.2, 0) is 13.2 Å². The third-order valence-corrected chi connectivity index (χ3v) is 3.35. The number of benzene rings is 1. The van der Waals surface area contributed by atoms with Crippen LogP contribution in [0.3, 0.4) is 0 Å². The standard InChI is InChI=1S/C16H18F2N2O/c1-2-15(16-6-4-13(17)9-20-16)19-8-11-3-5-14(18)12(7-11)10-21/h3-7,9,15,19,21H,2,8,10H2,1H3. The summed E-state index contributed by atoms with van der Waals surface area (Å²) in [6.07, 6.45) is 1.99. The summed E-state index contributed by atoms with van der Waals surface area (Å²) in [5.74, 6) is -0.770. The molecule has 0 amide bonds. The third-order valence-electron chi connectivity index (χ3n) is 3.35. The van der Waals surface area contributed by atoms with E-state index in [0.29, 0.717) is 6.54 Å². The van der Waals surface area contributed by atoms with Crippen molar-refractivity contribution in [2.45, 2.75) is 32.5 Å². The van der Waals surface area contributed by atoms with Gasteiger partial charge in [-0.25, -0.2) is 8.78 Å².